The van der Waals surface area contributed by atoms with E-state index in [9.17, 15) is 22.0 Å². The highest BCUT2D eigenvalue weighted by atomic mass is 32.2. The molecule has 0 aliphatic heterocycles. The van der Waals surface area contributed by atoms with E-state index < -0.39 is 26.4 Å². The van der Waals surface area contributed by atoms with Crippen LogP contribution in [0.5, 0.6) is 0 Å². The molecule has 0 bridgehead atoms. The number of sulfone groups is 1. The molecule has 0 aliphatic carbocycles. The van der Waals surface area contributed by atoms with E-state index in [2.05, 4.69) is 20.8 Å². The van der Waals surface area contributed by atoms with Crippen molar-refractivity contribution in [2.75, 3.05) is 16.4 Å². The van der Waals surface area contributed by atoms with Gasteiger partial charge in [0.1, 0.15) is 0 Å². The minimum absolute atomic E-state index is 0.0950. The number of nitrogens with zero attached hydrogens (tertiary/aromatic N) is 2. The first kappa shape index (κ1) is 22.1. The Kier molecular flexibility index (Phi) is 7.00. The molecule has 0 aliphatic rings. The summed E-state index contributed by atoms with van der Waals surface area (Å²) in [5.41, 5.74) is 1.79. The molecule has 0 unspecified atom stereocenters. The Balaban J connectivity index is 1.60. The van der Waals surface area contributed by atoms with Crippen LogP contribution < -0.4 is 10.6 Å². The van der Waals surface area contributed by atoms with Gasteiger partial charge >= 0.3 is 5.76 Å². The highest BCUT2D eigenvalue weighted by molar-refractivity contribution is 8.01. The minimum Gasteiger partial charge on any atom is -0.330 e. The van der Waals surface area contributed by atoms with Crippen molar-refractivity contribution in [3.63, 3.8) is 0 Å². The lowest BCUT2D eigenvalue weighted by molar-refractivity contribution is -0.113. The van der Waals surface area contributed by atoms with Crippen LogP contribution in [-0.4, -0.2) is 36.0 Å². The van der Waals surface area contributed by atoms with Gasteiger partial charge in [-0.15, -0.1) is 10.2 Å². The number of hydrogen-bond donors (Lipinski definition) is 2. The number of halogens is 2. The van der Waals surface area contributed by atoms with E-state index in [4.69, 9.17) is 0 Å². The van der Waals surface area contributed by atoms with Crippen molar-refractivity contribution < 1.29 is 22.0 Å². The molecule has 7 nitrogen and oxygen atoms in total. The molecular formula is C18H16F2N4O3S3. The van der Waals surface area contributed by atoms with Crippen LogP contribution >= 0.6 is 23.1 Å². The first-order chi connectivity index (χ1) is 14.3. The normalized spacial score (nSPS) is 11.5. The summed E-state index contributed by atoms with van der Waals surface area (Å²) in [5.74, 6) is -4.23. The molecule has 1 heterocycles. The van der Waals surface area contributed by atoms with E-state index in [1.54, 1.807) is 0 Å². The van der Waals surface area contributed by atoms with E-state index >= 15 is 0 Å². The fourth-order valence-corrected chi connectivity index (χ4v) is 4.76. The molecule has 0 radical (unpaired) electrons. The molecule has 2 aromatic carbocycles. The van der Waals surface area contributed by atoms with Crippen LogP contribution in [0.4, 0.5) is 25.3 Å². The number of thioether (sulfide) groups is 1. The van der Waals surface area contributed by atoms with Crippen LogP contribution in [0.15, 0.2) is 57.8 Å². The zero-order valence-electron chi connectivity index (χ0n) is 15.5. The number of carbonyl (C=O) groups excluding carboxylic acids is 1. The summed E-state index contributed by atoms with van der Waals surface area (Å²) >= 11 is 2.34. The average Bonchev–Trinajstić information content (AvgIpc) is 3.16. The van der Waals surface area contributed by atoms with Crippen LogP contribution in [-0.2, 0) is 14.6 Å². The maximum absolute atomic E-state index is 12.8. The summed E-state index contributed by atoms with van der Waals surface area (Å²) in [4.78, 5) is 11.6. The van der Waals surface area contributed by atoms with Crippen molar-refractivity contribution in [1.82, 2.24) is 10.2 Å². The van der Waals surface area contributed by atoms with Crippen molar-refractivity contribution in [2.45, 2.75) is 21.9 Å². The molecule has 1 amide bonds. The van der Waals surface area contributed by atoms with Gasteiger partial charge in [-0.3, -0.25) is 4.79 Å². The number of carbonyl (C=O) groups is 1. The van der Waals surface area contributed by atoms with Crippen LogP contribution in [0.1, 0.15) is 5.56 Å². The minimum atomic E-state index is -4.83. The lowest BCUT2D eigenvalue weighted by Crippen LogP contribution is -2.18. The monoisotopic (exact) mass is 470 g/mol. The third kappa shape index (κ3) is 5.52. The molecule has 0 atom stereocenters. The van der Waals surface area contributed by atoms with Crippen molar-refractivity contribution in [2.24, 2.45) is 0 Å². The van der Waals surface area contributed by atoms with Gasteiger partial charge in [0.15, 0.2) is 4.34 Å². The quantitative estimate of drug-likeness (QED) is 0.473. The van der Waals surface area contributed by atoms with E-state index in [1.165, 1.54) is 29.5 Å². The molecule has 0 spiro atoms. The van der Waals surface area contributed by atoms with Gasteiger partial charge in [0.05, 0.1) is 16.3 Å². The Morgan fingerprint density at radius 2 is 1.83 bits per heavy atom. The smallest absolute Gasteiger partial charge is 0.330 e. The number of amides is 1. The molecule has 0 saturated carbocycles. The van der Waals surface area contributed by atoms with Crippen molar-refractivity contribution in [3.05, 3.63) is 54.1 Å². The number of hydrogen-bond acceptors (Lipinski definition) is 8. The van der Waals surface area contributed by atoms with E-state index in [1.807, 2.05) is 31.2 Å². The maximum Gasteiger partial charge on any atom is 0.341 e. The molecular weight excluding hydrogens is 454 g/mol. The summed E-state index contributed by atoms with van der Waals surface area (Å²) < 4.78 is 49.7. The van der Waals surface area contributed by atoms with Gasteiger partial charge in [-0.1, -0.05) is 52.9 Å². The summed E-state index contributed by atoms with van der Waals surface area (Å²) in [6.07, 6.45) is 0. The Morgan fingerprint density at radius 1 is 1.13 bits per heavy atom. The number of nitrogens with one attached hydrogen (secondary N) is 2. The lowest BCUT2D eigenvalue weighted by atomic mass is 10.2. The highest BCUT2D eigenvalue weighted by Gasteiger charge is 2.29. The zero-order chi connectivity index (χ0) is 21.7. The first-order valence-electron chi connectivity index (χ1n) is 8.46. The number of benzene rings is 2. The van der Waals surface area contributed by atoms with Crippen LogP contribution in [0.25, 0.3) is 0 Å². The van der Waals surface area contributed by atoms with Crippen molar-refractivity contribution >= 4 is 55.3 Å². The number of anilines is 3. The van der Waals surface area contributed by atoms with Gasteiger partial charge in [-0.25, -0.2) is 8.42 Å². The topological polar surface area (TPSA) is 101 Å². The highest BCUT2D eigenvalue weighted by Crippen LogP contribution is 2.29. The standard InChI is InChI=1S/C18H16F2N4O3S3/c1-11-6-8-12(9-7-11)21-17-23-24-18(29-17)28-10-15(25)22-13-4-2-3-5-14(13)30(26,27)16(19)20/h2-9,16H,10H2,1H3,(H,21,23)(H,22,25). The number of para-hydroxylation sites is 1. The SMILES string of the molecule is Cc1ccc(Nc2nnc(SCC(=O)Nc3ccccc3S(=O)(=O)C(F)F)s2)cc1. The Hall–Kier alpha value is -2.57. The molecule has 158 valence electrons. The summed E-state index contributed by atoms with van der Waals surface area (Å²) in [5, 5.41) is 14.0. The Labute approximate surface area is 179 Å². The number of alkyl halides is 2. The van der Waals surface area contributed by atoms with Crippen LogP contribution in [0.2, 0.25) is 0 Å². The molecule has 0 fully saturated rings. The summed E-state index contributed by atoms with van der Waals surface area (Å²) in [7, 11) is -4.83. The van der Waals surface area contributed by atoms with Crippen molar-refractivity contribution in [1.29, 1.82) is 0 Å². The molecule has 3 rings (SSSR count). The van der Waals surface area contributed by atoms with Crippen molar-refractivity contribution in [3.8, 4) is 0 Å². The third-order valence-corrected chi connectivity index (χ3v) is 7.15. The fourth-order valence-electron chi connectivity index (χ4n) is 2.31. The van der Waals surface area contributed by atoms with Gasteiger partial charge in [-0.2, -0.15) is 8.78 Å². The van der Waals surface area contributed by atoms with E-state index in [-0.39, 0.29) is 11.4 Å². The maximum atomic E-state index is 12.8. The number of aryl methyl sites for hydroxylation is 1. The summed E-state index contributed by atoms with van der Waals surface area (Å²) in [6, 6.07) is 12.8. The van der Waals surface area contributed by atoms with Gasteiger partial charge in [0.25, 0.3) is 0 Å². The van der Waals surface area contributed by atoms with Gasteiger partial charge in [-0.05, 0) is 31.2 Å². The van der Waals surface area contributed by atoms with Gasteiger partial charge in [0.2, 0.25) is 20.9 Å². The third-order valence-electron chi connectivity index (χ3n) is 3.74. The Bertz CT molecular complexity index is 1140. The second-order valence-electron chi connectivity index (χ2n) is 6.00. The summed E-state index contributed by atoms with van der Waals surface area (Å²) in [6.45, 7) is 1.98. The number of aromatic nitrogens is 2. The largest absolute Gasteiger partial charge is 0.341 e. The van der Waals surface area contributed by atoms with Gasteiger partial charge < -0.3 is 10.6 Å². The Morgan fingerprint density at radius 3 is 2.53 bits per heavy atom. The van der Waals surface area contributed by atoms with Crippen LogP contribution in [0, 0.1) is 6.92 Å². The number of rotatable bonds is 8. The molecule has 1 aromatic heterocycles. The molecule has 12 heteroatoms. The van der Waals surface area contributed by atoms with E-state index in [0.717, 1.165) is 29.1 Å². The first-order valence-corrected chi connectivity index (χ1v) is 11.8. The molecule has 3 aromatic rings. The van der Waals surface area contributed by atoms with E-state index in [0.29, 0.717) is 9.47 Å². The second-order valence-corrected chi connectivity index (χ2v) is 10.1. The molecule has 0 saturated heterocycles. The van der Waals surface area contributed by atoms with Crippen LogP contribution in [0.3, 0.4) is 0 Å². The van der Waals surface area contributed by atoms with Gasteiger partial charge in [0, 0.05) is 5.69 Å². The average molecular weight is 471 g/mol. The molecule has 2 N–H and O–H groups in total. The fraction of sp³-hybridized carbons (Fsp3) is 0.167. The second kappa shape index (κ2) is 9.49. The predicted octanol–water partition coefficient (Wildman–Crippen LogP) is 4.32. The zero-order valence-corrected chi connectivity index (χ0v) is 18.0. The lowest BCUT2D eigenvalue weighted by Gasteiger charge is -2.10. The predicted molar refractivity (Wildman–Crippen MR) is 113 cm³/mol. The molecule has 30 heavy (non-hydrogen) atoms.